The first-order chi connectivity index (χ1) is 13.2. The predicted octanol–water partition coefficient (Wildman–Crippen LogP) is 3.92. The van der Waals surface area contributed by atoms with Gasteiger partial charge in [0.05, 0.1) is 6.26 Å². The maximum Gasteiger partial charge on any atom is 0.291 e. The Kier molecular flexibility index (Phi) is 6.68. The van der Waals surface area contributed by atoms with Gasteiger partial charge in [0, 0.05) is 12.2 Å². The van der Waals surface area contributed by atoms with Gasteiger partial charge in [0.25, 0.3) is 11.8 Å². The second kappa shape index (κ2) is 9.62. The molecule has 1 aliphatic carbocycles. The third kappa shape index (κ3) is 6.02. The minimum absolute atomic E-state index is 0.0306. The molecule has 1 aromatic heterocycles. The van der Waals surface area contributed by atoms with E-state index in [4.69, 9.17) is 9.15 Å². The molecule has 1 aromatic carbocycles. The Morgan fingerprint density at radius 2 is 1.96 bits per heavy atom. The lowest BCUT2D eigenvalue weighted by Crippen LogP contribution is -2.30. The van der Waals surface area contributed by atoms with Crippen LogP contribution in [0, 0.1) is 0 Å². The van der Waals surface area contributed by atoms with Crippen LogP contribution >= 0.6 is 0 Å². The molecule has 0 radical (unpaired) electrons. The van der Waals surface area contributed by atoms with Gasteiger partial charge in [-0.05, 0) is 68.5 Å². The van der Waals surface area contributed by atoms with Crippen molar-refractivity contribution in [2.45, 2.75) is 32.1 Å². The monoisotopic (exact) mass is 368 g/mol. The Hall–Kier alpha value is -3.02. The van der Waals surface area contributed by atoms with Crippen molar-refractivity contribution in [3.8, 4) is 5.75 Å². The summed E-state index contributed by atoms with van der Waals surface area (Å²) in [6, 6.07) is 10.1. The molecular formula is C21H24N2O4. The molecule has 0 unspecified atom stereocenters. The van der Waals surface area contributed by atoms with Gasteiger partial charge in [-0.1, -0.05) is 11.6 Å². The largest absolute Gasteiger partial charge is 0.484 e. The summed E-state index contributed by atoms with van der Waals surface area (Å²) < 4.78 is 10.5. The van der Waals surface area contributed by atoms with E-state index in [-0.39, 0.29) is 24.2 Å². The number of benzene rings is 1. The van der Waals surface area contributed by atoms with Crippen molar-refractivity contribution in [1.29, 1.82) is 0 Å². The van der Waals surface area contributed by atoms with Crippen LogP contribution in [-0.4, -0.2) is 25.0 Å². The quantitative estimate of drug-likeness (QED) is 0.692. The molecule has 2 aromatic rings. The van der Waals surface area contributed by atoms with Crippen LogP contribution in [0.25, 0.3) is 0 Å². The standard InChI is InChI=1S/C21H24N2O4/c24-20(22-13-12-16-5-2-1-3-6-16)15-27-18-10-8-17(9-11-18)23-21(25)19-7-4-14-26-19/h4-5,7-11,14H,1-3,6,12-13,15H2,(H,22,24)(H,23,25). The second-order valence-electron chi connectivity index (χ2n) is 6.45. The molecule has 0 saturated carbocycles. The Bertz CT molecular complexity index is 779. The molecule has 1 aliphatic rings. The fourth-order valence-electron chi connectivity index (χ4n) is 2.93. The van der Waals surface area contributed by atoms with Gasteiger partial charge in [-0.3, -0.25) is 9.59 Å². The molecule has 0 bridgehead atoms. The van der Waals surface area contributed by atoms with E-state index in [2.05, 4.69) is 16.7 Å². The highest BCUT2D eigenvalue weighted by atomic mass is 16.5. The molecule has 6 nitrogen and oxygen atoms in total. The van der Waals surface area contributed by atoms with Crippen molar-refractivity contribution in [2.75, 3.05) is 18.5 Å². The lowest BCUT2D eigenvalue weighted by Gasteiger charge is -2.13. The number of amides is 2. The van der Waals surface area contributed by atoms with Crippen molar-refractivity contribution in [3.05, 3.63) is 60.1 Å². The molecule has 3 rings (SSSR count). The molecule has 142 valence electrons. The number of allylic oxidation sites excluding steroid dienone is 1. The first-order valence-corrected chi connectivity index (χ1v) is 9.23. The molecular weight excluding hydrogens is 344 g/mol. The molecule has 0 atom stereocenters. The van der Waals surface area contributed by atoms with Gasteiger partial charge in [0.1, 0.15) is 5.75 Å². The fourth-order valence-corrected chi connectivity index (χ4v) is 2.93. The number of anilines is 1. The first kappa shape index (κ1) is 18.8. The molecule has 0 spiro atoms. The van der Waals surface area contributed by atoms with Crippen LogP contribution in [0.15, 0.2) is 58.7 Å². The van der Waals surface area contributed by atoms with Crippen molar-refractivity contribution >= 4 is 17.5 Å². The molecule has 6 heteroatoms. The number of furan rings is 1. The van der Waals surface area contributed by atoms with Gasteiger partial charge in [-0.25, -0.2) is 0 Å². The molecule has 2 amide bonds. The van der Waals surface area contributed by atoms with Gasteiger partial charge >= 0.3 is 0 Å². The lowest BCUT2D eigenvalue weighted by atomic mass is 9.97. The smallest absolute Gasteiger partial charge is 0.291 e. The van der Waals surface area contributed by atoms with Crippen LogP contribution in [-0.2, 0) is 4.79 Å². The minimum atomic E-state index is -0.318. The molecule has 27 heavy (non-hydrogen) atoms. The molecule has 1 heterocycles. The first-order valence-electron chi connectivity index (χ1n) is 9.23. The molecule has 0 aliphatic heterocycles. The average Bonchev–Trinajstić information content (AvgIpc) is 3.23. The zero-order valence-corrected chi connectivity index (χ0v) is 15.2. The summed E-state index contributed by atoms with van der Waals surface area (Å²) in [6.07, 6.45) is 9.48. The van der Waals surface area contributed by atoms with E-state index >= 15 is 0 Å². The van der Waals surface area contributed by atoms with Gasteiger partial charge in [0.2, 0.25) is 0 Å². The zero-order chi connectivity index (χ0) is 18.9. The van der Waals surface area contributed by atoms with Gasteiger partial charge in [-0.2, -0.15) is 0 Å². The van der Waals surface area contributed by atoms with Crippen LogP contribution in [0.4, 0.5) is 5.69 Å². The van der Waals surface area contributed by atoms with Gasteiger partial charge in [-0.15, -0.1) is 0 Å². The van der Waals surface area contributed by atoms with Crippen molar-refractivity contribution < 1.29 is 18.7 Å². The number of rotatable bonds is 8. The maximum atomic E-state index is 11.9. The van der Waals surface area contributed by atoms with Crippen molar-refractivity contribution in [2.24, 2.45) is 0 Å². The summed E-state index contributed by atoms with van der Waals surface area (Å²) in [5.41, 5.74) is 2.06. The van der Waals surface area contributed by atoms with Crippen LogP contribution in [0.5, 0.6) is 5.75 Å². The van der Waals surface area contributed by atoms with E-state index in [0.717, 1.165) is 19.3 Å². The van der Waals surface area contributed by atoms with E-state index in [1.807, 2.05) is 0 Å². The highest BCUT2D eigenvalue weighted by molar-refractivity contribution is 6.02. The number of carbonyl (C=O) groups is 2. The normalized spacial score (nSPS) is 13.6. The van der Waals surface area contributed by atoms with E-state index < -0.39 is 0 Å². The van der Waals surface area contributed by atoms with E-state index in [0.29, 0.717) is 18.0 Å². The Balaban J connectivity index is 1.37. The Morgan fingerprint density at radius 3 is 2.67 bits per heavy atom. The summed E-state index contributed by atoms with van der Waals surface area (Å²) in [5.74, 6) is 0.356. The molecule has 0 saturated heterocycles. The SMILES string of the molecule is O=C(COc1ccc(NC(=O)c2ccco2)cc1)NCCC1=CCCCC1. The number of carbonyl (C=O) groups excluding carboxylic acids is 2. The minimum Gasteiger partial charge on any atom is -0.484 e. The van der Waals surface area contributed by atoms with Crippen LogP contribution in [0.2, 0.25) is 0 Å². The van der Waals surface area contributed by atoms with Crippen LogP contribution in [0.1, 0.15) is 42.7 Å². The summed E-state index contributed by atoms with van der Waals surface area (Å²) in [6.45, 7) is 0.614. The summed E-state index contributed by atoms with van der Waals surface area (Å²) in [7, 11) is 0. The number of ether oxygens (including phenoxy) is 1. The third-order valence-corrected chi connectivity index (χ3v) is 4.38. The van der Waals surface area contributed by atoms with Crippen molar-refractivity contribution in [1.82, 2.24) is 5.32 Å². The lowest BCUT2D eigenvalue weighted by molar-refractivity contribution is -0.123. The van der Waals surface area contributed by atoms with Gasteiger partial charge < -0.3 is 19.8 Å². The summed E-state index contributed by atoms with van der Waals surface area (Å²) in [5, 5.41) is 5.60. The van der Waals surface area contributed by atoms with Crippen LogP contribution < -0.4 is 15.4 Å². The second-order valence-corrected chi connectivity index (χ2v) is 6.45. The highest BCUT2D eigenvalue weighted by Gasteiger charge is 2.09. The Labute approximate surface area is 158 Å². The van der Waals surface area contributed by atoms with Crippen LogP contribution in [0.3, 0.4) is 0 Å². The summed E-state index contributed by atoms with van der Waals surface area (Å²) in [4.78, 5) is 23.8. The molecule has 2 N–H and O–H groups in total. The average molecular weight is 368 g/mol. The Morgan fingerprint density at radius 1 is 1.11 bits per heavy atom. The summed E-state index contributed by atoms with van der Waals surface area (Å²) >= 11 is 0. The van der Waals surface area contributed by atoms with E-state index in [9.17, 15) is 9.59 Å². The fraction of sp³-hybridized carbons (Fsp3) is 0.333. The molecule has 0 fully saturated rings. The topological polar surface area (TPSA) is 80.6 Å². The van der Waals surface area contributed by atoms with E-state index in [1.165, 1.54) is 24.7 Å². The maximum absolute atomic E-state index is 11.9. The third-order valence-electron chi connectivity index (χ3n) is 4.38. The highest BCUT2D eigenvalue weighted by Crippen LogP contribution is 2.19. The zero-order valence-electron chi connectivity index (χ0n) is 15.2. The van der Waals surface area contributed by atoms with E-state index in [1.54, 1.807) is 36.4 Å². The number of hydrogen-bond donors (Lipinski definition) is 2. The van der Waals surface area contributed by atoms with Crippen molar-refractivity contribution in [3.63, 3.8) is 0 Å². The predicted molar refractivity (Wildman–Crippen MR) is 103 cm³/mol. The number of hydrogen-bond acceptors (Lipinski definition) is 4. The number of nitrogens with one attached hydrogen (secondary N) is 2. The van der Waals surface area contributed by atoms with Gasteiger partial charge in [0.15, 0.2) is 12.4 Å².